The van der Waals surface area contributed by atoms with Crippen molar-refractivity contribution in [2.45, 2.75) is 12.6 Å². The Morgan fingerprint density at radius 1 is 1.04 bits per heavy atom. The zero-order chi connectivity index (χ0) is 19.4. The Morgan fingerprint density at radius 2 is 1.81 bits per heavy atom. The van der Waals surface area contributed by atoms with E-state index in [4.69, 9.17) is 0 Å². The Kier molecular flexibility index (Phi) is 5.46. The number of nitrogens with one attached hydrogen (secondary N) is 3. The first-order chi connectivity index (χ1) is 12.8. The molecule has 1 saturated heterocycles. The molecule has 0 bridgehead atoms. The molecular formula is C19H18F3N3O2. The molecule has 8 heteroatoms. The van der Waals surface area contributed by atoms with Gasteiger partial charge in [-0.2, -0.15) is 13.2 Å². The number of anilines is 2. The maximum atomic E-state index is 12.8. The van der Waals surface area contributed by atoms with E-state index in [0.717, 1.165) is 18.7 Å². The second-order valence-electron chi connectivity index (χ2n) is 6.26. The van der Waals surface area contributed by atoms with Gasteiger partial charge in [0.05, 0.1) is 22.7 Å². The number of benzene rings is 2. The van der Waals surface area contributed by atoms with Crippen molar-refractivity contribution in [3.05, 3.63) is 59.7 Å². The minimum atomic E-state index is -4.50. The monoisotopic (exact) mass is 377 g/mol. The molecule has 2 amide bonds. The molecule has 2 aromatic carbocycles. The second-order valence-corrected chi connectivity index (χ2v) is 6.26. The van der Waals surface area contributed by atoms with E-state index in [0.29, 0.717) is 18.7 Å². The van der Waals surface area contributed by atoms with E-state index >= 15 is 0 Å². The quantitative estimate of drug-likeness (QED) is 0.764. The maximum Gasteiger partial charge on any atom is 0.416 e. The highest BCUT2D eigenvalue weighted by Crippen LogP contribution is 2.31. The van der Waals surface area contributed by atoms with Crippen LogP contribution < -0.4 is 16.0 Å². The van der Waals surface area contributed by atoms with Crippen molar-refractivity contribution in [1.29, 1.82) is 0 Å². The summed E-state index contributed by atoms with van der Waals surface area (Å²) in [6, 6.07) is 10.8. The highest BCUT2D eigenvalue weighted by molar-refractivity contribution is 6.10. The normalized spacial score (nSPS) is 16.8. The molecule has 3 N–H and O–H groups in total. The van der Waals surface area contributed by atoms with Crippen LogP contribution in [-0.4, -0.2) is 24.9 Å². The zero-order valence-corrected chi connectivity index (χ0v) is 14.3. The van der Waals surface area contributed by atoms with Gasteiger partial charge in [-0.1, -0.05) is 18.2 Å². The average molecular weight is 377 g/mol. The molecule has 1 aliphatic rings. The van der Waals surface area contributed by atoms with Crippen LogP contribution in [0.3, 0.4) is 0 Å². The fourth-order valence-electron chi connectivity index (χ4n) is 2.88. The number of amides is 2. The summed E-state index contributed by atoms with van der Waals surface area (Å²) in [7, 11) is 0. The van der Waals surface area contributed by atoms with E-state index in [1.807, 2.05) is 0 Å². The van der Waals surface area contributed by atoms with Crippen LogP contribution in [-0.2, 0) is 11.0 Å². The minimum Gasteiger partial charge on any atom is -0.325 e. The number of rotatable bonds is 4. The highest BCUT2D eigenvalue weighted by Gasteiger charge is 2.30. The summed E-state index contributed by atoms with van der Waals surface area (Å²) in [5, 5.41) is 8.28. The Morgan fingerprint density at radius 3 is 2.52 bits per heavy atom. The molecule has 1 fully saturated rings. The molecule has 5 nitrogen and oxygen atoms in total. The van der Waals surface area contributed by atoms with Crippen molar-refractivity contribution in [2.75, 3.05) is 23.7 Å². The van der Waals surface area contributed by atoms with Gasteiger partial charge in [0.15, 0.2) is 0 Å². The molecule has 0 spiro atoms. The fraction of sp³-hybridized carbons (Fsp3) is 0.263. The third-order valence-electron chi connectivity index (χ3n) is 4.31. The first-order valence-electron chi connectivity index (χ1n) is 8.44. The Hall–Kier alpha value is -2.87. The summed E-state index contributed by atoms with van der Waals surface area (Å²) in [6.45, 7) is 1.33. The summed E-state index contributed by atoms with van der Waals surface area (Å²) in [6.07, 6.45) is -3.79. The Labute approximate surface area is 154 Å². The highest BCUT2D eigenvalue weighted by atomic mass is 19.4. The lowest BCUT2D eigenvalue weighted by molar-refractivity contribution is -0.137. The van der Waals surface area contributed by atoms with Gasteiger partial charge in [0.2, 0.25) is 5.91 Å². The maximum absolute atomic E-state index is 12.8. The van der Waals surface area contributed by atoms with Crippen LogP contribution in [0.2, 0.25) is 0 Å². The molecule has 1 heterocycles. The largest absolute Gasteiger partial charge is 0.416 e. The standard InChI is InChI=1S/C19H18F3N3O2/c20-19(21,22)13-4-3-5-14(10-13)24-18(27)15-6-1-2-7-16(15)25-17(26)12-8-9-23-11-12/h1-7,10,12,23H,8-9,11H2,(H,24,27)(H,25,26). The van der Waals surface area contributed by atoms with Crippen LogP contribution in [0, 0.1) is 5.92 Å². The van der Waals surface area contributed by atoms with Crippen LogP contribution >= 0.6 is 0 Å². The molecule has 0 radical (unpaired) electrons. The summed E-state index contributed by atoms with van der Waals surface area (Å²) < 4.78 is 38.5. The SMILES string of the molecule is O=C(Nc1cccc(C(F)(F)F)c1)c1ccccc1NC(=O)C1CCNC1. The third kappa shape index (κ3) is 4.65. The molecule has 1 unspecified atom stereocenters. The lowest BCUT2D eigenvalue weighted by Gasteiger charge is -2.14. The van der Waals surface area contributed by atoms with Crippen molar-refractivity contribution in [3.63, 3.8) is 0 Å². The van der Waals surface area contributed by atoms with Gasteiger partial charge in [0, 0.05) is 12.2 Å². The molecule has 3 rings (SSSR count). The van der Waals surface area contributed by atoms with E-state index < -0.39 is 17.6 Å². The van der Waals surface area contributed by atoms with Gasteiger partial charge >= 0.3 is 6.18 Å². The van der Waals surface area contributed by atoms with E-state index in [1.165, 1.54) is 18.2 Å². The molecule has 142 valence electrons. The zero-order valence-electron chi connectivity index (χ0n) is 14.3. The predicted molar refractivity (Wildman–Crippen MR) is 95.4 cm³/mol. The molecule has 0 aliphatic carbocycles. The number of alkyl halides is 3. The first kappa shape index (κ1) is 18.9. The predicted octanol–water partition coefficient (Wildman–Crippen LogP) is 3.51. The van der Waals surface area contributed by atoms with Gasteiger partial charge in [0.1, 0.15) is 0 Å². The van der Waals surface area contributed by atoms with Crippen molar-refractivity contribution in [3.8, 4) is 0 Å². The van der Waals surface area contributed by atoms with Gasteiger partial charge in [-0.05, 0) is 43.3 Å². The molecule has 27 heavy (non-hydrogen) atoms. The van der Waals surface area contributed by atoms with Gasteiger partial charge in [0.25, 0.3) is 5.91 Å². The summed E-state index contributed by atoms with van der Waals surface area (Å²) >= 11 is 0. The van der Waals surface area contributed by atoms with Crippen LogP contribution in [0.15, 0.2) is 48.5 Å². The smallest absolute Gasteiger partial charge is 0.325 e. The number of halogens is 3. The van der Waals surface area contributed by atoms with Crippen LogP contribution in [0.4, 0.5) is 24.5 Å². The van der Waals surface area contributed by atoms with Crippen LogP contribution in [0.5, 0.6) is 0 Å². The van der Waals surface area contributed by atoms with Crippen LogP contribution in [0.25, 0.3) is 0 Å². The van der Waals surface area contributed by atoms with Crippen molar-refractivity contribution in [2.24, 2.45) is 5.92 Å². The van der Waals surface area contributed by atoms with Gasteiger partial charge in [-0.25, -0.2) is 0 Å². The lowest BCUT2D eigenvalue weighted by Crippen LogP contribution is -2.26. The van der Waals surface area contributed by atoms with E-state index in [1.54, 1.807) is 18.2 Å². The number of hydrogen-bond donors (Lipinski definition) is 3. The van der Waals surface area contributed by atoms with Gasteiger partial charge in [-0.3, -0.25) is 9.59 Å². The minimum absolute atomic E-state index is 0.0240. The Balaban J connectivity index is 1.76. The van der Waals surface area contributed by atoms with Crippen molar-refractivity contribution >= 4 is 23.2 Å². The number of hydrogen-bond acceptors (Lipinski definition) is 3. The first-order valence-corrected chi connectivity index (χ1v) is 8.44. The van der Waals surface area contributed by atoms with Gasteiger partial charge in [-0.15, -0.1) is 0 Å². The average Bonchev–Trinajstić information content (AvgIpc) is 3.16. The summed E-state index contributed by atoms with van der Waals surface area (Å²) in [5.74, 6) is -0.973. The number of carbonyl (C=O) groups excluding carboxylic acids is 2. The fourth-order valence-corrected chi connectivity index (χ4v) is 2.88. The summed E-state index contributed by atoms with van der Waals surface area (Å²) in [5.41, 5.74) is -0.334. The number of para-hydroxylation sites is 1. The van der Waals surface area contributed by atoms with E-state index in [-0.39, 0.29) is 23.1 Å². The van der Waals surface area contributed by atoms with E-state index in [9.17, 15) is 22.8 Å². The molecule has 1 atom stereocenters. The second kappa shape index (κ2) is 7.79. The molecule has 0 saturated carbocycles. The van der Waals surface area contributed by atoms with Crippen LogP contribution in [0.1, 0.15) is 22.3 Å². The number of carbonyl (C=O) groups is 2. The molecular weight excluding hydrogens is 359 g/mol. The lowest BCUT2D eigenvalue weighted by atomic mass is 10.1. The molecule has 0 aromatic heterocycles. The molecule has 1 aliphatic heterocycles. The van der Waals surface area contributed by atoms with Gasteiger partial charge < -0.3 is 16.0 Å². The topological polar surface area (TPSA) is 70.2 Å². The van der Waals surface area contributed by atoms with E-state index in [2.05, 4.69) is 16.0 Å². The Bertz CT molecular complexity index is 846. The molecule has 2 aromatic rings. The van der Waals surface area contributed by atoms with Crippen molar-refractivity contribution < 1.29 is 22.8 Å². The third-order valence-corrected chi connectivity index (χ3v) is 4.31. The van der Waals surface area contributed by atoms with Crippen molar-refractivity contribution in [1.82, 2.24) is 5.32 Å². The summed E-state index contributed by atoms with van der Waals surface area (Å²) in [4.78, 5) is 24.8.